The van der Waals surface area contributed by atoms with Crippen LogP contribution in [0.3, 0.4) is 0 Å². The number of aromatic nitrogens is 2. The van der Waals surface area contributed by atoms with E-state index in [1.807, 2.05) is 30.3 Å². The molecule has 7 nitrogen and oxygen atoms in total. The fraction of sp³-hybridized carbons (Fsp3) is 0.389. The summed E-state index contributed by atoms with van der Waals surface area (Å²) in [5.41, 5.74) is 0.304. The molecule has 0 aliphatic rings. The number of anilines is 1. The van der Waals surface area contributed by atoms with Gasteiger partial charge in [0, 0.05) is 18.9 Å². The van der Waals surface area contributed by atoms with Crippen LogP contribution in [0, 0.1) is 12.3 Å². The molecule has 1 aromatic heterocycles. The van der Waals surface area contributed by atoms with Gasteiger partial charge >= 0.3 is 5.97 Å². The first-order valence-electron chi connectivity index (χ1n) is 8.02. The van der Waals surface area contributed by atoms with Crippen LogP contribution in [0.2, 0.25) is 0 Å². The second kappa shape index (κ2) is 6.96. The topological polar surface area (TPSA) is 93.3 Å². The number of para-hydroxylation sites is 1. The van der Waals surface area contributed by atoms with Gasteiger partial charge in [0.05, 0.1) is 11.4 Å². The zero-order chi connectivity index (χ0) is 18.8. The molecule has 1 aromatic carbocycles. The number of carboxylic acid groups (broad SMARTS) is 1. The maximum atomic E-state index is 12.8. The van der Waals surface area contributed by atoms with Gasteiger partial charge in [0.25, 0.3) is 5.56 Å². The number of carboxylic acids is 1. The van der Waals surface area contributed by atoms with E-state index in [0.717, 1.165) is 0 Å². The van der Waals surface area contributed by atoms with Crippen LogP contribution < -0.4 is 10.9 Å². The Morgan fingerprint density at radius 1 is 1.20 bits per heavy atom. The number of rotatable bonds is 6. The van der Waals surface area contributed by atoms with E-state index >= 15 is 0 Å². The van der Waals surface area contributed by atoms with E-state index in [9.17, 15) is 14.4 Å². The van der Waals surface area contributed by atoms with Gasteiger partial charge in [0.2, 0.25) is 5.91 Å². The highest BCUT2D eigenvalue weighted by atomic mass is 16.4. The highest BCUT2D eigenvalue weighted by Gasteiger charge is 2.30. The average Bonchev–Trinajstić information content (AvgIpc) is 2.77. The Balaban J connectivity index is 2.34. The van der Waals surface area contributed by atoms with Crippen molar-refractivity contribution in [3.8, 4) is 5.69 Å². The molecule has 0 spiro atoms. The predicted molar refractivity (Wildman–Crippen MR) is 95.0 cm³/mol. The molecule has 7 heteroatoms. The summed E-state index contributed by atoms with van der Waals surface area (Å²) in [6, 6.07) is 9.14. The Labute approximate surface area is 145 Å². The van der Waals surface area contributed by atoms with Gasteiger partial charge in [0.1, 0.15) is 5.69 Å². The standard InChI is InChI=1S/C18H23N3O4/c1-12-15(19-17(25)18(2,3)11-10-14(22)23)16(24)21(20(12)4)13-8-6-5-7-9-13/h5-9H,10-11H2,1-4H3,(H,19,25)(H,22,23). The molecule has 25 heavy (non-hydrogen) atoms. The number of benzene rings is 1. The fourth-order valence-electron chi connectivity index (χ4n) is 2.53. The second-order valence-electron chi connectivity index (χ2n) is 6.67. The highest BCUT2D eigenvalue weighted by molar-refractivity contribution is 5.95. The molecule has 0 bridgehead atoms. The van der Waals surface area contributed by atoms with Crippen molar-refractivity contribution in [1.82, 2.24) is 9.36 Å². The van der Waals surface area contributed by atoms with Gasteiger partial charge in [-0.25, -0.2) is 4.68 Å². The lowest BCUT2D eigenvalue weighted by molar-refractivity contribution is -0.138. The number of hydrogen-bond donors (Lipinski definition) is 2. The average molecular weight is 345 g/mol. The molecule has 0 fully saturated rings. The van der Waals surface area contributed by atoms with Gasteiger partial charge in [0.15, 0.2) is 0 Å². The third-order valence-corrected chi connectivity index (χ3v) is 4.37. The van der Waals surface area contributed by atoms with Crippen molar-refractivity contribution in [2.75, 3.05) is 5.32 Å². The summed E-state index contributed by atoms with van der Waals surface area (Å²) in [6.45, 7) is 5.08. The molecule has 2 aromatic rings. The van der Waals surface area contributed by atoms with E-state index in [0.29, 0.717) is 11.4 Å². The van der Waals surface area contributed by atoms with Gasteiger partial charge in [-0.15, -0.1) is 0 Å². The van der Waals surface area contributed by atoms with Crippen LogP contribution in [0.4, 0.5) is 5.69 Å². The van der Waals surface area contributed by atoms with Crippen molar-refractivity contribution in [2.24, 2.45) is 12.5 Å². The first-order valence-corrected chi connectivity index (χ1v) is 8.02. The Hall–Kier alpha value is -2.83. The van der Waals surface area contributed by atoms with Gasteiger partial charge in [-0.05, 0) is 25.5 Å². The molecule has 0 saturated heterocycles. The maximum Gasteiger partial charge on any atom is 0.303 e. The summed E-state index contributed by atoms with van der Waals surface area (Å²) in [5, 5.41) is 11.5. The minimum absolute atomic E-state index is 0.109. The zero-order valence-electron chi connectivity index (χ0n) is 14.9. The molecule has 0 radical (unpaired) electrons. The lowest BCUT2D eigenvalue weighted by Crippen LogP contribution is -2.33. The first kappa shape index (κ1) is 18.5. The predicted octanol–water partition coefficient (Wildman–Crippen LogP) is 2.31. The minimum Gasteiger partial charge on any atom is -0.481 e. The molecular formula is C18H23N3O4. The largest absolute Gasteiger partial charge is 0.481 e. The molecule has 1 amide bonds. The summed E-state index contributed by atoms with van der Waals surface area (Å²) in [4.78, 5) is 36.1. The number of nitrogens with one attached hydrogen (secondary N) is 1. The van der Waals surface area contributed by atoms with Crippen LogP contribution in [-0.2, 0) is 16.6 Å². The molecular weight excluding hydrogens is 322 g/mol. The van der Waals surface area contributed by atoms with Crippen LogP contribution in [0.25, 0.3) is 5.69 Å². The molecule has 2 N–H and O–H groups in total. The highest BCUT2D eigenvalue weighted by Crippen LogP contribution is 2.25. The third-order valence-electron chi connectivity index (χ3n) is 4.37. The van der Waals surface area contributed by atoms with Crippen LogP contribution in [0.5, 0.6) is 0 Å². The normalized spacial score (nSPS) is 11.4. The lowest BCUT2D eigenvalue weighted by Gasteiger charge is -2.22. The molecule has 0 saturated carbocycles. The van der Waals surface area contributed by atoms with Crippen LogP contribution in [0.15, 0.2) is 35.1 Å². The molecule has 0 atom stereocenters. The van der Waals surface area contributed by atoms with Crippen molar-refractivity contribution < 1.29 is 14.7 Å². The minimum atomic E-state index is -0.955. The molecule has 1 heterocycles. The summed E-state index contributed by atoms with van der Waals surface area (Å²) < 4.78 is 3.16. The van der Waals surface area contributed by atoms with Crippen molar-refractivity contribution in [3.05, 3.63) is 46.4 Å². The number of carbonyl (C=O) groups is 2. The van der Waals surface area contributed by atoms with Gasteiger partial charge in [-0.2, -0.15) is 0 Å². The van der Waals surface area contributed by atoms with Gasteiger partial charge < -0.3 is 10.4 Å². The van der Waals surface area contributed by atoms with E-state index in [1.54, 1.807) is 32.5 Å². The van der Waals surface area contributed by atoms with Crippen molar-refractivity contribution in [2.45, 2.75) is 33.6 Å². The first-order chi connectivity index (χ1) is 11.6. The Morgan fingerprint density at radius 3 is 2.36 bits per heavy atom. The van der Waals surface area contributed by atoms with Crippen LogP contribution >= 0.6 is 0 Å². The number of nitrogens with zero attached hydrogens (tertiary/aromatic N) is 2. The number of amides is 1. The van der Waals surface area contributed by atoms with Crippen molar-refractivity contribution in [1.29, 1.82) is 0 Å². The fourth-order valence-corrected chi connectivity index (χ4v) is 2.53. The van der Waals surface area contributed by atoms with E-state index in [4.69, 9.17) is 5.11 Å². The summed E-state index contributed by atoms with van der Waals surface area (Å²) in [7, 11) is 1.75. The van der Waals surface area contributed by atoms with E-state index in [2.05, 4.69) is 5.32 Å². The molecule has 0 aliphatic carbocycles. The van der Waals surface area contributed by atoms with E-state index in [-0.39, 0.29) is 30.0 Å². The zero-order valence-corrected chi connectivity index (χ0v) is 14.9. The lowest BCUT2D eigenvalue weighted by atomic mass is 9.86. The van der Waals surface area contributed by atoms with Gasteiger partial charge in [-0.3, -0.25) is 19.1 Å². The SMILES string of the molecule is Cc1c(NC(=O)C(C)(C)CCC(=O)O)c(=O)n(-c2ccccc2)n1C. The quantitative estimate of drug-likeness (QED) is 0.840. The Kier molecular flexibility index (Phi) is 5.15. The van der Waals surface area contributed by atoms with E-state index in [1.165, 1.54) is 4.68 Å². The summed E-state index contributed by atoms with van der Waals surface area (Å²) in [6.07, 6.45) is 0.0787. The van der Waals surface area contributed by atoms with Crippen LogP contribution in [0.1, 0.15) is 32.4 Å². The molecule has 134 valence electrons. The van der Waals surface area contributed by atoms with Crippen molar-refractivity contribution in [3.63, 3.8) is 0 Å². The molecule has 0 unspecified atom stereocenters. The molecule has 2 rings (SSSR count). The van der Waals surface area contributed by atoms with Gasteiger partial charge in [-0.1, -0.05) is 32.0 Å². The second-order valence-corrected chi connectivity index (χ2v) is 6.67. The Bertz CT molecular complexity index is 847. The summed E-state index contributed by atoms with van der Waals surface area (Å²) in [5.74, 6) is -1.33. The number of hydrogen-bond acceptors (Lipinski definition) is 3. The molecule has 0 aliphatic heterocycles. The van der Waals surface area contributed by atoms with Crippen molar-refractivity contribution >= 4 is 17.6 Å². The smallest absolute Gasteiger partial charge is 0.303 e. The monoisotopic (exact) mass is 345 g/mol. The Morgan fingerprint density at radius 2 is 1.80 bits per heavy atom. The third kappa shape index (κ3) is 3.81. The number of aliphatic carboxylic acids is 1. The number of carbonyl (C=O) groups excluding carboxylic acids is 1. The van der Waals surface area contributed by atoms with Crippen LogP contribution in [-0.4, -0.2) is 26.3 Å². The maximum absolute atomic E-state index is 12.8. The van der Waals surface area contributed by atoms with E-state index < -0.39 is 11.4 Å². The summed E-state index contributed by atoms with van der Waals surface area (Å²) >= 11 is 0.